The van der Waals surface area contributed by atoms with Crippen LogP contribution in [0.5, 0.6) is 0 Å². The number of allylic oxidation sites excluding steroid dienone is 4. The fourth-order valence-electron chi connectivity index (χ4n) is 7.69. The molecule has 1 aliphatic rings. The van der Waals surface area contributed by atoms with Crippen LogP contribution >= 0.6 is 24.8 Å². The molecule has 7 heteroatoms. The normalized spacial score (nSPS) is 14.2. The van der Waals surface area contributed by atoms with Crippen molar-refractivity contribution in [2.45, 2.75) is 76.2 Å². The van der Waals surface area contributed by atoms with E-state index in [0.717, 1.165) is 0 Å². The molecule has 0 fully saturated rings. The van der Waals surface area contributed by atoms with Gasteiger partial charge in [-0.1, -0.05) is 0 Å². The summed E-state index contributed by atoms with van der Waals surface area (Å²) >= 11 is -3.61. The van der Waals surface area contributed by atoms with E-state index < -0.39 is 13.4 Å². The van der Waals surface area contributed by atoms with Crippen LogP contribution in [0.3, 0.4) is 0 Å². The summed E-state index contributed by atoms with van der Waals surface area (Å²) in [5.41, 5.74) is 15.6. The molecule has 5 aromatic rings. The van der Waals surface area contributed by atoms with Gasteiger partial charge in [-0.05, 0) is 0 Å². The van der Waals surface area contributed by atoms with Crippen molar-refractivity contribution >= 4 is 29.4 Å². The average molecular weight is 772 g/mol. The molecule has 0 aliphatic heterocycles. The molecule has 0 amide bonds. The third-order valence-electron chi connectivity index (χ3n) is 9.80. The minimum absolute atomic E-state index is 0. The first kappa shape index (κ1) is 37.5. The zero-order chi connectivity index (χ0) is 33.1. The zero-order valence-corrected chi connectivity index (χ0v) is 33.5. The van der Waals surface area contributed by atoms with Crippen LogP contribution in [0.1, 0.15) is 73.6 Å². The molecule has 0 unspecified atom stereocenters. The number of imidazole rings is 2. The van der Waals surface area contributed by atoms with Gasteiger partial charge in [0.15, 0.2) is 0 Å². The zero-order valence-electron chi connectivity index (χ0n) is 30.1. The maximum Gasteiger partial charge on any atom is -0.147 e. The van der Waals surface area contributed by atoms with Crippen molar-refractivity contribution in [3.05, 3.63) is 147 Å². The van der Waals surface area contributed by atoms with Crippen LogP contribution in [0.15, 0.2) is 100 Å². The number of nitrogens with one attached hydrogen (secondary N) is 2. The number of aromatic amines is 2. The van der Waals surface area contributed by atoms with Gasteiger partial charge in [0.2, 0.25) is 0 Å². The van der Waals surface area contributed by atoms with Gasteiger partial charge >= 0.3 is 277 Å². The van der Waals surface area contributed by atoms with Gasteiger partial charge in [-0.2, -0.15) is 0 Å². The van der Waals surface area contributed by atoms with E-state index in [9.17, 15) is 0 Å². The van der Waals surface area contributed by atoms with Gasteiger partial charge in [0.25, 0.3) is 0 Å². The molecule has 0 saturated carbocycles. The van der Waals surface area contributed by atoms with Crippen molar-refractivity contribution in [1.29, 1.82) is 0 Å². The van der Waals surface area contributed by atoms with Gasteiger partial charge in [-0.15, -0.1) is 24.8 Å². The Labute approximate surface area is 300 Å². The summed E-state index contributed by atoms with van der Waals surface area (Å²) in [6.45, 7) is 25.3. The van der Waals surface area contributed by atoms with Crippen molar-refractivity contribution in [3.8, 4) is 11.4 Å². The Balaban J connectivity index is 0.00000260. The molecular weight excluding hydrogens is 720 g/mol. The molecule has 2 heterocycles. The van der Waals surface area contributed by atoms with Crippen molar-refractivity contribution in [2.24, 2.45) is 5.41 Å². The third kappa shape index (κ3) is 5.93. The van der Waals surface area contributed by atoms with Crippen LogP contribution in [0.4, 0.5) is 0 Å². The maximum absolute atomic E-state index is 3.93. The van der Waals surface area contributed by atoms with E-state index >= 15 is 0 Å². The summed E-state index contributed by atoms with van der Waals surface area (Å²) in [6, 6.07) is 20.2. The van der Waals surface area contributed by atoms with E-state index in [1.54, 1.807) is 4.17 Å². The number of hydrogen-bond donors (Lipinski definition) is 2. The van der Waals surface area contributed by atoms with Crippen molar-refractivity contribution in [3.63, 3.8) is 0 Å². The van der Waals surface area contributed by atoms with Crippen molar-refractivity contribution in [2.75, 3.05) is 0 Å². The van der Waals surface area contributed by atoms with Crippen LogP contribution in [-0.2, 0) is 13.4 Å². The number of nitrogens with zero attached hydrogens (tertiary/aromatic N) is 2. The maximum atomic E-state index is 3.93. The Morgan fingerprint density at radius 1 is 0.604 bits per heavy atom. The fraction of sp³-hybridized carbons (Fsp3) is 0.293. The molecule has 6 rings (SSSR count). The molecule has 0 radical (unpaired) electrons. The summed E-state index contributed by atoms with van der Waals surface area (Å²) in [5, 5.41) is 0. The SMILES string of the molecule is CC1=C(C)C(C)(C)[C]([Ru](=[CH]c2ccccc2)(=[c]2[nH]ccn2-c2c(C)cc(C)cc2C)=[c]2[nH]ccn2-c2c(C)cc(C)cc2C)=C1C.Cl.Cl. The third-order valence-corrected chi connectivity index (χ3v) is 18.2. The summed E-state index contributed by atoms with van der Waals surface area (Å²) in [4.78, 5) is 7.85. The number of hydrogen-bond acceptors (Lipinski definition) is 0. The Morgan fingerprint density at radius 3 is 1.40 bits per heavy atom. The predicted molar refractivity (Wildman–Crippen MR) is 206 cm³/mol. The average Bonchev–Trinajstić information content (AvgIpc) is 3.69. The quantitative estimate of drug-likeness (QED) is 0.171. The van der Waals surface area contributed by atoms with E-state index in [2.05, 4.69) is 179 Å². The Hall–Kier alpha value is -3.37. The Morgan fingerprint density at radius 2 is 1.02 bits per heavy atom. The van der Waals surface area contributed by atoms with E-state index in [4.69, 9.17) is 0 Å². The Bertz CT molecular complexity index is 2230. The van der Waals surface area contributed by atoms with Gasteiger partial charge in [-0.25, -0.2) is 0 Å². The van der Waals surface area contributed by atoms with E-state index in [-0.39, 0.29) is 30.2 Å². The molecule has 0 bridgehead atoms. The smallest absolute Gasteiger partial charge is 0.147 e. The molecule has 0 atom stereocenters. The van der Waals surface area contributed by atoms with Gasteiger partial charge < -0.3 is 0 Å². The summed E-state index contributed by atoms with van der Waals surface area (Å²) in [6.07, 6.45) is 8.77. The van der Waals surface area contributed by atoms with E-state index in [0.29, 0.717) is 0 Å². The monoisotopic (exact) mass is 771 g/mol. The minimum atomic E-state index is -3.61. The summed E-state index contributed by atoms with van der Waals surface area (Å²) in [7, 11) is 0. The summed E-state index contributed by atoms with van der Waals surface area (Å²) < 4.78 is 11.7. The van der Waals surface area contributed by atoms with Gasteiger partial charge in [0.1, 0.15) is 0 Å². The number of halogens is 2. The molecule has 2 aromatic heterocycles. The van der Waals surface area contributed by atoms with Gasteiger partial charge in [0, 0.05) is 0 Å². The topological polar surface area (TPSA) is 41.4 Å². The number of benzene rings is 3. The first-order chi connectivity index (χ1) is 21.8. The first-order valence-corrected chi connectivity index (χ1v) is 19.8. The molecular formula is C41H51Cl2N4Ru. The van der Waals surface area contributed by atoms with E-state index in [1.807, 2.05) is 0 Å². The largest absolute Gasteiger partial charge is 0.147 e. The first-order valence-electron chi connectivity index (χ1n) is 16.1. The number of aryl methyl sites for hydroxylation is 6. The van der Waals surface area contributed by atoms with Crippen LogP contribution in [-0.4, -0.2) is 23.7 Å². The molecule has 48 heavy (non-hydrogen) atoms. The molecule has 0 spiro atoms. The van der Waals surface area contributed by atoms with Crippen LogP contribution in [0.2, 0.25) is 0 Å². The minimum Gasteiger partial charge on any atom is -0.147 e. The predicted octanol–water partition coefficient (Wildman–Crippen LogP) is 11.0. The van der Waals surface area contributed by atoms with Crippen molar-refractivity contribution in [1.82, 2.24) is 19.1 Å². The second-order valence-corrected chi connectivity index (χ2v) is 19.4. The van der Waals surface area contributed by atoms with Gasteiger partial charge in [0.05, 0.1) is 0 Å². The number of aromatic nitrogens is 4. The Kier molecular flexibility index (Phi) is 10.8. The number of H-pyrrole nitrogens is 2. The molecule has 4 nitrogen and oxygen atoms in total. The second kappa shape index (κ2) is 13.9. The van der Waals surface area contributed by atoms with Crippen molar-refractivity contribution < 1.29 is 13.4 Å². The standard InChI is InChI=1S/2C12H14N2.C10H15.C7H6.2ClH.Ru/c2*1-9-6-10(2)12(11(3)7-9)14-5-4-13-8-14;1-7-6-10(4,5)9(3)8(7)2;1-7-5-3-2-4-6-7;;;/h2*4-7,13H,1-3H3;1-5H3;1-6H;2*1H;. The van der Waals surface area contributed by atoms with Crippen LogP contribution < -0.4 is 0 Å². The number of rotatable bonds is 4. The summed E-state index contributed by atoms with van der Waals surface area (Å²) in [5.74, 6) is 0. The molecule has 1 aliphatic carbocycles. The van der Waals surface area contributed by atoms with Gasteiger partial charge in [-0.3, -0.25) is 0 Å². The van der Waals surface area contributed by atoms with Crippen LogP contribution in [0.25, 0.3) is 11.4 Å². The fourth-order valence-corrected chi connectivity index (χ4v) is 17.3. The van der Waals surface area contributed by atoms with E-state index in [1.165, 1.54) is 75.1 Å². The molecule has 2 N–H and O–H groups in total. The molecule has 257 valence electrons. The molecule has 3 aromatic carbocycles. The second-order valence-electron chi connectivity index (χ2n) is 13.6. The van der Waals surface area contributed by atoms with Crippen LogP contribution in [0, 0.1) is 55.0 Å². The molecule has 0 saturated heterocycles.